The van der Waals surface area contributed by atoms with Gasteiger partial charge >= 0.3 is 0 Å². The third-order valence-electron chi connectivity index (χ3n) is 2.72. The molecule has 0 aliphatic rings. The molecule has 1 aromatic carbocycles. The highest BCUT2D eigenvalue weighted by molar-refractivity contribution is 5.85. The topological polar surface area (TPSA) is 58.2 Å². The number of carbonyl (C=O) groups is 2. The number of aryl methyl sites for hydroxylation is 2. The second-order valence-corrected chi connectivity index (χ2v) is 6.06. The summed E-state index contributed by atoms with van der Waals surface area (Å²) >= 11 is 0. The zero-order valence-corrected chi connectivity index (χ0v) is 12.7. The molecule has 0 fully saturated rings. The molecule has 1 rings (SSSR count). The fourth-order valence-electron chi connectivity index (χ4n) is 1.74. The van der Waals surface area contributed by atoms with Crippen LogP contribution in [0.15, 0.2) is 24.3 Å². The minimum Gasteiger partial charge on any atom is -0.350 e. The summed E-state index contributed by atoms with van der Waals surface area (Å²) in [5.41, 5.74) is 2.06. The highest BCUT2D eigenvalue weighted by Crippen LogP contribution is 2.05. The van der Waals surface area contributed by atoms with Gasteiger partial charge in [-0.2, -0.15) is 0 Å². The summed E-state index contributed by atoms with van der Waals surface area (Å²) in [6.45, 7) is 7.78. The maximum atomic E-state index is 11.7. The van der Waals surface area contributed by atoms with E-state index in [4.69, 9.17) is 0 Å². The molecule has 0 aliphatic carbocycles. The van der Waals surface area contributed by atoms with Gasteiger partial charge < -0.3 is 10.6 Å². The van der Waals surface area contributed by atoms with Crippen LogP contribution in [0.4, 0.5) is 0 Å². The molecule has 4 heteroatoms. The Morgan fingerprint density at radius 1 is 1.05 bits per heavy atom. The van der Waals surface area contributed by atoms with E-state index in [0.29, 0.717) is 12.8 Å². The second-order valence-electron chi connectivity index (χ2n) is 6.06. The number of benzene rings is 1. The molecule has 2 amide bonds. The number of rotatable bonds is 5. The molecule has 0 heterocycles. The molecule has 2 N–H and O–H groups in total. The van der Waals surface area contributed by atoms with Gasteiger partial charge in [0.1, 0.15) is 0 Å². The fourth-order valence-corrected chi connectivity index (χ4v) is 1.74. The van der Waals surface area contributed by atoms with Crippen molar-refractivity contribution in [1.29, 1.82) is 0 Å². The maximum Gasteiger partial charge on any atom is 0.239 e. The lowest BCUT2D eigenvalue weighted by atomic mass is 10.1. The standard InChI is InChI=1S/C16H24N2O2/c1-12-5-7-13(8-6-12)9-10-14(19)17-11-15(20)18-16(2,3)4/h5-8H,9-11H2,1-4H3,(H,17,19)(H,18,20). The first kappa shape index (κ1) is 16.2. The van der Waals surface area contributed by atoms with Crippen LogP contribution in [0, 0.1) is 6.92 Å². The van der Waals surface area contributed by atoms with Gasteiger partial charge in [0, 0.05) is 12.0 Å². The normalized spacial score (nSPS) is 11.0. The Morgan fingerprint density at radius 2 is 1.65 bits per heavy atom. The highest BCUT2D eigenvalue weighted by atomic mass is 16.2. The molecular formula is C16H24N2O2. The Balaban J connectivity index is 2.27. The minimum absolute atomic E-state index is 0.0317. The second kappa shape index (κ2) is 7.08. The summed E-state index contributed by atoms with van der Waals surface area (Å²) in [4.78, 5) is 23.2. The van der Waals surface area contributed by atoms with E-state index in [1.807, 2.05) is 52.0 Å². The van der Waals surface area contributed by atoms with Gasteiger partial charge in [0.25, 0.3) is 0 Å². The van der Waals surface area contributed by atoms with Crippen LogP contribution in [0.2, 0.25) is 0 Å². The molecule has 0 aromatic heterocycles. The minimum atomic E-state index is -0.274. The predicted octanol–water partition coefficient (Wildman–Crippen LogP) is 1.96. The molecule has 4 nitrogen and oxygen atoms in total. The molecule has 0 saturated carbocycles. The van der Waals surface area contributed by atoms with Crippen LogP contribution < -0.4 is 10.6 Å². The van der Waals surface area contributed by atoms with Gasteiger partial charge in [-0.05, 0) is 39.7 Å². The summed E-state index contributed by atoms with van der Waals surface area (Å²) in [7, 11) is 0. The van der Waals surface area contributed by atoms with Crippen molar-refractivity contribution in [2.45, 2.75) is 46.1 Å². The van der Waals surface area contributed by atoms with Crippen LogP contribution in [-0.4, -0.2) is 23.9 Å². The molecular weight excluding hydrogens is 252 g/mol. The molecule has 20 heavy (non-hydrogen) atoms. The molecule has 0 radical (unpaired) electrons. The summed E-state index contributed by atoms with van der Waals surface area (Å²) in [5, 5.41) is 5.44. The SMILES string of the molecule is Cc1ccc(CCC(=O)NCC(=O)NC(C)(C)C)cc1. The van der Waals surface area contributed by atoms with Crippen molar-refractivity contribution in [3.05, 3.63) is 35.4 Å². The largest absolute Gasteiger partial charge is 0.350 e. The van der Waals surface area contributed by atoms with E-state index in [1.54, 1.807) is 0 Å². The third-order valence-corrected chi connectivity index (χ3v) is 2.72. The smallest absolute Gasteiger partial charge is 0.239 e. The van der Waals surface area contributed by atoms with E-state index in [9.17, 15) is 9.59 Å². The number of hydrogen-bond donors (Lipinski definition) is 2. The predicted molar refractivity (Wildman–Crippen MR) is 80.4 cm³/mol. The van der Waals surface area contributed by atoms with Crippen molar-refractivity contribution in [2.75, 3.05) is 6.54 Å². The Labute approximate surface area is 121 Å². The lowest BCUT2D eigenvalue weighted by Crippen LogP contribution is -2.45. The molecule has 0 atom stereocenters. The summed E-state index contributed by atoms with van der Waals surface area (Å²) in [6.07, 6.45) is 1.08. The highest BCUT2D eigenvalue weighted by Gasteiger charge is 2.14. The van der Waals surface area contributed by atoms with Crippen LogP contribution in [0.3, 0.4) is 0 Å². The number of nitrogens with one attached hydrogen (secondary N) is 2. The van der Waals surface area contributed by atoms with Crippen LogP contribution in [0.25, 0.3) is 0 Å². The summed E-state index contributed by atoms with van der Waals surface area (Å²) in [5.74, 6) is -0.268. The lowest BCUT2D eigenvalue weighted by molar-refractivity contribution is -0.126. The zero-order valence-electron chi connectivity index (χ0n) is 12.7. The van der Waals surface area contributed by atoms with Crippen molar-refractivity contribution in [1.82, 2.24) is 10.6 Å². The Bertz CT molecular complexity index is 458. The van der Waals surface area contributed by atoms with Gasteiger partial charge in [-0.3, -0.25) is 9.59 Å². The van der Waals surface area contributed by atoms with Gasteiger partial charge in [-0.15, -0.1) is 0 Å². The van der Waals surface area contributed by atoms with Crippen molar-refractivity contribution in [3.63, 3.8) is 0 Å². The molecule has 0 aliphatic heterocycles. The van der Waals surface area contributed by atoms with Crippen LogP contribution in [0.5, 0.6) is 0 Å². The zero-order chi connectivity index (χ0) is 15.2. The van der Waals surface area contributed by atoms with Gasteiger partial charge in [-0.25, -0.2) is 0 Å². The first-order chi connectivity index (χ1) is 9.26. The van der Waals surface area contributed by atoms with Crippen molar-refractivity contribution >= 4 is 11.8 Å². The quantitative estimate of drug-likeness (QED) is 0.863. The monoisotopic (exact) mass is 276 g/mol. The molecule has 110 valence electrons. The summed E-state index contributed by atoms with van der Waals surface area (Å²) in [6, 6.07) is 8.11. The average Bonchev–Trinajstić information content (AvgIpc) is 2.33. The molecule has 0 saturated heterocycles. The van der Waals surface area contributed by atoms with E-state index >= 15 is 0 Å². The van der Waals surface area contributed by atoms with Gasteiger partial charge in [0.05, 0.1) is 6.54 Å². The van der Waals surface area contributed by atoms with E-state index in [-0.39, 0.29) is 23.9 Å². The van der Waals surface area contributed by atoms with Crippen molar-refractivity contribution in [2.24, 2.45) is 0 Å². The maximum absolute atomic E-state index is 11.7. The Morgan fingerprint density at radius 3 is 2.20 bits per heavy atom. The van der Waals surface area contributed by atoms with Gasteiger partial charge in [0.15, 0.2) is 0 Å². The number of carbonyl (C=O) groups excluding carboxylic acids is 2. The Hall–Kier alpha value is -1.84. The van der Waals surface area contributed by atoms with E-state index in [0.717, 1.165) is 5.56 Å². The third kappa shape index (κ3) is 6.92. The van der Waals surface area contributed by atoms with Crippen LogP contribution >= 0.6 is 0 Å². The fraction of sp³-hybridized carbons (Fsp3) is 0.500. The first-order valence-corrected chi connectivity index (χ1v) is 6.89. The summed E-state index contributed by atoms with van der Waals surface area (Å²) < 4.78 is 0. The number of amides is 2. The molecule has 0 unspecified atom stereocenters. The van der Waals surface area contributed by atoms with Crippen molar-refractivity contribution < 1.29 is 9.59 Å². The van der Waals surface area contributed by atoms with Gasteiger partial charge in [0.2, 0.25) is 11.8 Å². The van der Waals surface area contributed by atoms with E-state index in [2.05, 4.69) is 10.6 Å². The molecule has 0 spiro atoms. The molecule has 0 bridgehead atoms. The van der Waals surface area contributed by atoms with E-state index < -0.39 is 0 Å². The van der Waals surface area contributed by atoms with Crippen LogP contribution in [-0.2, 0) is 16.0 Å². The lowest BCUT2D eigenvalue weighted by Gasteiger charge is -2.20. The average molecular weight is 276 g/mol. The molecule has 1 aromatic rings. The van der Waals surface area contributed by atoms with Crippen LogP contribution in [0.1, 0.15) is 38.3 Å². The Kier molecular flexibility index (Phi) is 5.74. The van der Waals surface area contributed by atoms with Crippen molar-refractivity contribution in [3.8, 4) is 0 Å². The van der Waals surface area contributed by atoms with E-state index in [1.165, 1.54) is 5.56 Å². The van der Waals surface area contributed by atoms with Gasteiger partial charge in [-0.1, -0.05) is 29.8 Å². The first-order valence-electron chi connectivity index (χ1n) is 6.89. The number of hydrogen-bond acceptors (Lipinski definition) is 2.